The highest BCUT2D eigenvalue weighted by Gasteiger charge is 2.35. The van der Waals surface area contributed by atoms with Crippen molar-refractivity contribution in [1.82, 2.24) is 4.90 Å². The second-order valence-electron chi connectivity index (χ2n) is 7.40. The van der Waals surface area contributed by atoms with Gasteiger partial charge in [-0.05, 0) is 41.9 Å². The minimum Gasteiger partial charge on any atom is -0.465 e. The third kappa shape index (κ3) is 4.84. The molecule has 1 heterocycles. The van der Waals surface area contributed by atoms with Crippen molar-refractivity contribution in [3.8, 4) is 0 Å². The molecule has 25 heavy (non-hydrogen) atoms. The Balaban J connectivity index is 2.17. The van der Waals surface area contributed by atoms with Crippen molar-refractivity contribution >= 4 is 12.1 Å². The van der Waals surface area contributed by atoms with E-state index in [-0.39, 0.29) is 17.4 Å². The summed E-state index contributed by atoms with van der Waals surface area (Å²) >= 11 is 0. The summed E-state index contributed by atoms with van der Waals surface area (Å²) in [4.78, 5) is 24.5. The zero-order chi connectivity index (χ0) is 18.6. The molecule has 1 amide bonds. The zero-order valence-corrected chi connectivity index (χ0v) is 15.4. The Morgan fingerprint density at radius 2 is 2.08 bits per heavy atom. The summed E-state index contributed by atoms with van der Waals surface area (Å²) in [6.45, 7) is 8.82. The number of carbonyl (C=O) groups is 2. The van der Waals surface area contributed by atoms with E-state index in [4.69, 9.17) is 4.74 Å². The first kappa shape index (κ1) is 19.0. The first-order chi connectivity index (χ1) is 11.7. The molecule has 5 nitrogen and oxygen atoms in total. The molecule has 2 rings (SSSR count). The number of hydrogen-bond donors (Lipinski definition) is 1. The maximum atomic E-state index is 11.5. The van der Waals surface area contributed by atoms with Gasteiger partial charge in [0.1, 0.15) is 0 Å². The third-order valence-corrected chi connectivity index (χ3v) is 4.45. The molecule has 1 aliphatic heterocycles. The largest absolute Gasteiger partial charge is 0.465 e. The molecular weight excluding hydrogens is 318 g/mol. The fourth-order valence-electron chi connectivity index (χ4n) is 3.16. The topological polar surface area (TPSA) is 66.8 Å². The van der Waals surface area contributed by atoms with E-state index in [1.165, 1.54) is 16.5 Å². The van der Waals surface area contributed by atoms with Crippen LogP contribution in [0.3, 0.4) is 0 Å². The number of carbonyl (C=O) groups excluding carboxylic acids is 1. The SMILES string of the molecule is CCOC(=O)C=C1C=CC(C2=CC(C(C)(C)C)N(C(=O)O)CC2)=CC1. The Labute approximate surface area is 149 Å². The van der Waals surface area contributed by atoms with Crippen LogP contribution in [0, 0.1) is 5.41 Å². The van der Waals surface area contributed by atoms with Crippen molar-refractivity contribution < 1.29 is 19.4 Å². The van der Waals surface area contributed by atoms with E-state index in [2.05, 4.69) is 32.9 Å². The minimum absolute atomic E-state index is 0.153. The van der Waals surface area contributed by atoms with Crippen molar-refractivity contribution in [2.75, 3.05) is 13.2 Å². The lowest BCUT2D eigenvalue weighted by molar-refractivity contribution is -0.137. The predicted octanol–water partition coefficient (Wildman–Crippen LogP) is 4.09. The zero-order valence-electron chi connectivity index (χ0n) is 15.4. The number of ether oxygens (including phenoxy) is 1. The van der Waals surface area contributed by atoms with Gasteiger partial charge in [0.05, 0.1) is 12.6 Å². The molecule has 136 valence electrons. The molecule has 0 bridgehead atoms. The summed E-state index contributed by atoms with van der Waals surface area (Å²) in [5, 5.41) is 9.45. The first-order valence-corrected chi connectivity index (χ1v) is 8.68. The van der Waals surface area contributed by atoms with Crippen LogP contribution in [0.25, 0.3) is 0 Å². The molecule has 1 aliphatic carbocycles. The van der Waals surface area contributed by atoms with E-state index in [0.29, 0.717) is 26.0 Å². The van der Waals surface area contributed by atoms with Crippen LogP contribution in [0.1, 0.15) is 40.5 Å². The summed E-state index contributed by atoms with van der Waals surface area (Å²) < 4.78 is 4.93. The molecule has 0 aromatic rings. The lowest BCUT2D eigenvalue weighted by Gasteiger charge is -2.40. The summed E-state index contributed by atoms with van der Waals surface area (Å²) in [5.74, 6) is -0.319. The Hall–Kier alpha value is -2.30. The lowest BCUT2D eigenvalue weighted by atomic mass is 9.80. The quantitative estimate of drug-likeness (QED) is 0.618. The number of rotatable bonds is 3. The van der Waals surface area contributed by atoms with Crippen molar-refractivity contribution in [2.24, 2.45) is 5.41 Å². The molecule has 0 aromatic heterocycles. The van der Waals surface area contributed by atoms with Crippen LogP contribution in [-0.2, 0) is 9.53 Å². The monoisotopic (exact) mass is 345 g/mol. The number of allylic oxidation sites excluding steroid dienone is 5. The smallest absolute Gasteiger partial charge is 0.407 e. The van der Waals surface area contributed by atoms with E-state index in [0.717, 1.165) is 11.1 Å². The molecule has 0 spiro atoms. The number of nitrogens with zero attached hydrogens (tertiary/aromatic N) is 1. The fourth-order valence-corrected chi connectivity index (χ4v) is 3.16. The van der Waals surface area contributed by atoms with Crippen LogP contribution in [0.5, 0.6) is 0 Å². The van der Waals surface area contributed by atoms with Crippen molar-refractivity contribution in [2.45, 2.75) is 46.6 Å². The van der Waals surface area contributed by atoms with Crippen LogP contribution in [0.4, 0.5) is 4.79 Å². The molecular formula is C20H27NO4. The second-order valence-corrected chi connectivity index (χ2v) is 7.40. The van der Waals surface area contributed by atoms with Gasteiger partial charge < -0.3 is 14.7 Å². The van der Waals surface area contributed by atoms with Gasteiger partial charge in [0.25, 0.3) is 0 Å². The second kappa shape index (κ2) is 7.72. The minimum atomic E-state index is -0.872. The molecule has 0 aromatic carbocycles. The van der Waals surface area contributed by atoms with Crippen LogP contribution in [-0.4, -0.2) is 41.3 Å². The number of carboxylic acid groups (broad SMARTS) is 1. The number of esters is 1. The van der Waals surface area contributed by atoms with Gasteiger partial charge in [-0.25, -0.2) is 9.59 Å². The van der Waals surface area contributed by atoms with E-state index >= 15 is 0 Å². The van der Waals surface area contributed by atoms with Crippen molar-refractivity contribution in [1.29, 1.82) is 0 Å². The van der Waals surface area contributed by atoms with Gasteiger partial charge in [-0.15, -0.1) is 0 Å². The third-order valence-electron chi connectivity index (χ3n) is 4.45. The van der Waals surface area contributed by atoms with Crippen LogP contribution >= 0.6 is 0 Å². The van der Waals surface area contributed by atoms with E-state index in [1.807, 2.05) is 12.2 Å². The summed E-state index contributed by atoms with van der Waals surface area (Å²) in [6.07, 6.45) is 10.1. The van der Waals surface area contributed by atoms with Crippen LogP contribution in [0.2, 0.25) is 0 Å². The highest BCUT2D eigenvalue weighted by Crippen LogP contribution is 2.34. The Morgan fingerprint density at radius 1 is 1.36 bits per heavy atom. The Kier molecular flexibility index (Phi) is 5.88. The van der Waals surface area contributed by atoms with Gasteiger partial charge in [0.15, 0.2) is 0 Å². The van der Waals surface area contributed by atoms with E-state index in [1.54, 1.807) is 6.92 Å². The predicted molar refractivity (Wildman–Crippen MR) is 97.2 cm³/mol. The molecule has 2 aliphatic rings. The van der Waals surface area contributed by atoms with Gasteiger partial charge in [-0.1, -0.05) is 45.1 Å². The molecule has 1 atom stereocenters. The van der Waals surface area contributed by atoms with Gasteiger partial charge in [0.2, 0.25) is 0 Å². The highest BCUT2D eigenvalue weighted by molar-refractivity contribution is 5.83. The summed E-state index contributed by atoms with van der Waals surface area (Å²) in [7, 11) is 0. The average molecular weight is 345 g/mol. The van der Waals surface area contributed by atoms with Crippen LogP contribution in [0.15, 0.2) is 47.1 Å². The standard InChI is InChI=1S/C20H27NO4/c1-5-25-18(22)12-14-6-8-15(9-7-14)16-10-11-21(19(23)24)17(13-16)20(2,3)4/h6,8-9,12-13,17H,5,7,10-11H2,1-4H3,(H,23,24). The maximum Gasteiger partial charge on any atom is 0.407 e. The molecule has 1 N–H and O–H groups in total. The number of amides is 1. The van der Waals surface area contributed by atoms with Gasteiger partial charge in [-0.2, -0.15) is 0 Å². The average Bonchev–Trinajstić information content (AvgIpc) is 2.54. The van der Waals surface area contributed by atoms with Crippen LogP contribution < -0.4 is 0 Å². The molecule has 0 fully saturated rings. The van der Waals surface area contributed by atoms with Crippen molar-refractivity contribution in [3.63, 3.8) is 0 Å². The molecule has 0 saturated carbocycles. The fraction of sp³-hybridized carbons (Fsp3) is 0.500. The highest BCUT2D eigenvalue weighted by atomic mass is 16.5. The molecule has 0 radical (unpaired) electrons. The van der Waals surface area contributed by atoms with Gasteiger partial charge >= 0.3 is 12.1 Å². The van der Waals surface area contributed by atoms with Crippen molar-refractivity contribution in [3.05, 3.63) is 47.1 Å². The lowest BCUT2D eigenvalue weighted by Crippen LogP contribution is -2.48. The molecule has 0 saturated heterocycles. The Morgan fingerprint density at radius 3 is 2.60 bits per heavy atom. The van der Waals surface area contributed by atoms with E-state index < -0.39 is 6.09 Å². The summed E-state index contributed by atoms with van der Waals surface area (Å²) in [5.41, 5.74) is 3.03. The molecule has 1 unspecified atom stereocenters. The first-order valence-electron chi connectivity index (χ1n) is 8.68. The Bertz CT molecular complexity index is 662. The van der Waals surface area contributed by atoms with E-state index in [9.17, 15) is 14.7 Å². The normalized spacial score (nSPS) is 22.5. The van der Waals surface area contributed by atoms with Gasteiger partial charge in [-0.3, -0.25) is 0 Å². The maximum absolute atomic E-state index is 11.5. The summed E-state index contributed by atoms with van der Waals surface area (Å²) in [6, 6.07) is -0.153. The number of hydrogen-bond acceptors (Lipinski definition) is 3. The molecule has 5 heteroatoms. The van der Waals surface area contributed by atoms with Gasteiger partial charge in [0, 0.05) is 12.6 Å².